The largest absolute Gasteiger partial charge is 0.573 e. The second kappa shape index (κ2) is 4.18. The number of nitrogens with two attached hydrogens (primary N) is 1. The summed E-state index contributed by atoms with van der Waals surface area (Å²) in [5, 5.41) is 0. The van der Waals surface area contributed by atoms with Gasteiger partial charge < -0.3 is 15.2 Å². The van der Waals surface area contributed by atoms with Crippen molar-refractivity contribution in [3.8, 4) is 11.5 Å². The molecular formula is C8H7BrF3NO2. The van der Waals surface area contributed by atoms with Gasteiger partial charge in [0.05, 0.1) is 17.3 Å². The zero-order valence-electron chi connectivity index (χ0n) is 7.56. The van der Waals surface area contributed by atoms with E-state index in [4.69, 9.17) is 10.5 Å². The third kappa shape index (κ3) is 3.19. The summed E-state index contributed by atoms with van der Waals surface area (Å²) in [5.41, 5.74) is 5.51. The number of rotatable bonds is 2. The lowest BCUT2D eigenvalue weighted by Gasteiger charge is -2.12. The van der Waals surface area contributed by atoms with Crippen LogP contribution in [-0.2, 0) is 0 Å². The maximum Gasteiger partial charge on any atom is 0.573 e. The van der Waals surface area contributed by atoms with Crippen LogP contribution in [0.1, 0.15) is 0 Å². The Morgan fingerprint density at radius 1 is 1.33 bits per heavy atom. The number of anilines is 1. The fourth-order valence-corrected chi connectivity index (χ4v) is 1.61. The third-order valence-corrected chi connectivity index (χ3v) is 2.07. The number of hydrogen-bond donors (Lipinski definition) is 1. The van der Waals surface area contributed by atoms with Gasteiger partial charge in [0, 0.05) is 6.07 Å². The van der Waals surface area contributed by atoms with Gasteiger partial charge >= 0.3 is 6.36 Å². The second-order valence-electron chi connectivity index (χ2n) is 2.58. The Balaban J connectivity index is 3.04. The number of hydrogen-bond acceptors (Lipinski definition) is 3. The zero-order valence-corrected chi connectivity index (χ0v) is 9.15. The molecule has 0 bridgehead atoms. The molecule has 0 unspecified atom stereocenters. The molecule has 0 saturated carbocycles. The molecule has 7 heteroatoms. The quantitative estimate of drug-likeness (QED) is 0.850. The van der Waals surface area contributed by atoms with Crippen molar-refractivity contribution in [1.29, 1.82) is 0 Å². The number of methoxy groups -OCH3 is 1. The minimum Gasteiger partial charge on any atom is -0.493 e. The highest BCUT2D eigenvalue weighted by Gasteiger charge is 2.31. The van der Waals surface area contributed by atoms with E-state index in [1.165, 1.54) is 7.11 Å². The highest BCUT2D eigenvalue weighted by Crippen LogP contribution is 2.36. The standard InChI is InChI=1S/C8H7BrF3NO2/c1-14-7-5(9)2-4(3-6(7)13)15-8(10,11)12/h2-3H,13H2,1H3. The van der Waals surface area contributed by atoms with Crippen molar-refractivity contribution in [2.45, 2.75) is 6.36 Å². The lowest BCUT2D eigenvalue weighted by Crippen LogP contribution is -2.17. The van der Waals surface area contributed by atoms with Crippen LogP contribution in [0.2, 0.25) is 0 Å². The van der Waals surface area contributed by atoms with E-state index in [1.54, 1.807) is 0 Å². The Hall–Kier alpha value is -1.11. The molecule has 0 spiro atoms. The average molecular weight is 286 g/mol. The van der Waals surface area contributed by atoms with Crippen LogP contribution in [0.4, 0.5) is 18.9 Å². The second-order valence-corrected chi connectivity index (χ2v) is 3.43. The Labute approximate surface area is 92.1 Å². The van der Waals surface area contributed by atoms with E-state index in [-0.39, 0.29) is 11.4 Å². The summed E-state index contributed by atoms with van der Waals surface area (Å²) in [6.45, 7) is 0. The van der Waals surface area contributed by atoms with E-state index >= 15 is 0 Å². The molecule has 0 fully saturated rings. The van der Waals surface area contributed by atoms with E-state index < -0.39 is 12.1 Å². The van der Waals surface area contributed by atoms with Crippen molar-refractivity contribution in [1.82, 2.24) is 0 Å². The van der Waals surface area contributed by atoms with Crippen molar-refractivity contribution in [3.05, 3.63) is 16.6 Å². The predicted octanol–water partition coefficient (Wildman–Crippen LogP) is 2.94. The fourth-order valence-electron chi connectivity index (χ4n) is 0.997. The fraction of sp³-hybridized carbons (Fsp3) is 0.250. The van der Waals surface area contributed by atoms with Gasteiger partial charge in [0.2, 0.25) is 0 Å². The molecule has 0 saturated heterocycles. The average Bonchev–Trinajstić information content (AvgIpc) is 1.99. The number of alkyl halides is 3. The van der Waals surface area contributed by atoms with Gasteiger partial charge in [-0.1, -0.05) is 0 Å². The van der Waals surface area contributed by atoms with Crippen LogP contribution in [0.25, 0.3) is 0 Å². The van der Waals surface area contributed by atoms with Crippen molar-refractivity contribution in [2.75, 3.05) is 12.8 Å². The van der Waals surface area contributed by atoms with Gasteiger partial charge in [-0.05, 0) is 22.0 Å². The Bertz CT molecular complexity index is 344. The zero-order chi connectivity index (χ0) is 11.6. The molecule has 1 rings (SSSR count). The highest BCUT2D eigenvalue weighted by atomic mass is 79.9. The van der Waals surface area contributed by atoms with E-state index in [2.05, 4.69) is 20.7 Å². The van der Waals surface area contributed by atoms with E-state index in [0.717, 1.165) is 12.1 Å². The topological polar surface area (TPSA) is 44.5 Å². The van der Waals surface area contributed by atoms with Crippen LogP contribution in [-0.4, -0.2) is 13.5 Å². The van der Waals surface area contributed by atoms with Crippen LogP contribution in [0.3, 0.4) is 0 Å². The number of benzene rings is 1. The van der Waals surface area contributed by atoms with Gasteiger partial charge in [0.1, 0.15) is 5.75 Å². The van der Waals surface area contributed by atoms with E-state index in [0.29, 0.717) is 4.47 Å². The van der Waals surface area contributed by atoms with Gasteiger partial charge in [-0.2, -0.15) is 0 Å². The molecular weight excluding hydrogens is 279 g/mol. The minimum absolute atomic E-state index is 0.0612. The van der Waals surface area contributed by atoms with Crippen LogP contribution < -0.4 is 15.2 Å². The first-order valence-corrected chi connectivity index (χ1v) is 4.51. The van der Waals surface area contributed by atoms with Gasteiger partial charge in [-0.25, -0.2) is 0 Å². The summed E-state index contributed by atoms with van der Waals surface area (Å²) >= 11 is 3.01. The molecule has 0 amide bonds. The number of halogens is 4. The Morgan fingerprint density at radius 2 is 1.93 bits per heavy atom. The van der Waals surface area contributed by atoms with Gasteiger partial charge in [-0.3, -0.25) is 0 Å². The minimum atomic E-state index is -4.74. The van der Waals surface area contributed by atoms with E-state index in [9.17, 15) is 13.2 Å². The molecule has 0 heterocycles. The third-order valence-electron chi connectivity index (χ3n) is 1.48. The first kappa shape index (κ1) is 12.0. The molecule has 1 aromatic rings. The number of nitrogen functional groups attached to an aromatic ring is 1. The van der Waals surface area contributed by atoms with Crippen molar-refractivity contribution in [3.63, 3.8) is 0 Å². The molecule has 0 aliphatic rings. The van der Waals surface area contributed by atoms with Crippen LogP contribution in [0.5, 0.6) is 11.5 Å². The lowest BCUT2D eigenvalue weighted by atomic mass is 10.3. The first-order valence-electron chi connectivity index (χ1n) is 3.72. The van der Waals surface area contributed by atoms with Crippen molar-refractivity contribution < 1.29 is 22.6 Å². The van der Waals surface area contributed by atoms with Crippen molar-refractivity contribution in [2.24, 2.45) is 0 Å². The maximum atomic E-state index is 11.9. The summed E-state index contributed by atoms with van der Waals surface area (Å²) in [7, 11) is 1.36. The van der Waals surface area contributed by atoms with Gasteiger partial charge in [-0.15, -0.1) is 13.2 Å². The number of ether oxygens (including phenoxy) is 2. The Morgan fingerprint density at radius 3 is 2.33 bits per heavy atom. The van der Waals surface area contributed by atoms with Crippen LogP contribution in [0.15, 0.2) is 16.6 Å². The molecule has 0 atom stereocenters. The monoisotopic (exact) mass is 285 g/mol. The summed E-state index contributed by atoms with van der Waals surface area (Å²) in [5.74, 6) is -0.128. The van der Waals surface area contributed by atoms with Crippen molar-refractivity contribution >= 4 is 21.6 Å². The smallest absolute Gasteiger partial charge is 0.493 e. The summed E-state index contributed by atoms with van der Waals surface area (Å²) in [6.07, 6.45) is -4.74. The summed E-state index contributed by atoms with van der Waals surface area (Å²) < 4.78 is 44.5. The summed E-state index contributed by atoms with van der Waals surface area (Å²) in [6, 6.07) is 2.17. The van der Waals surface area contributed by atoms with Gasteiger partial charge in [0.25, 0.3) is 0 Å². The molecule has 0 aliphatic heterocycles. The summed E-state index contributed by atoms with van der Waals surface area (Å²) in [4.78, 5) is 0. The molecule has 3 nitrogen and oxygen atoms in total. The molecule has 2 N–H and O–H groups in total. The van der Waals surface area contributed by atoms with Crippen LogP contribution >= 0.6 is 15.9 Å². The highest BCUT2D eigenvalue weighted by molar-refractivity contribution is 9.10. The first-order chi connectivity index (χ1) is 6.83. The van der Waals surface area contributed by atoms with Gasteiger partial charge in [0.15, 0.2) is 5.75 Å². The van der Waals surface area contributed by atoms with Crippen LogP contribution in [0, 0.1) is 0 Å². The Kier molecular flexibility index (Phi) is 3.33. The predicted molar refractivity (Wildman–Crippen MR) is 51.8 cm³/mol. The maximum absolute atomic E-state index is 11.9. The molecule has 15 heavy (non-hydrogen) atoms. The molecule has 1 aromatic carbocycles. The normalized spacial score (nSPS) is 11.3. The SMILES string of the molecule is COc1c(N)cc(OC(F)(F)F)cc1Br. The molecule has 0 aliphatic carbocycles. The lowest BCUT2D eigenvalue weighted by molar-refractivity contribution is -0.274. The molecule has 84 valence electrons. The molecule has 0 aromatic heterocycles. The van der Waals surface area contributed by atoms with E-state index in [1.807, 2.05) is 0 Å². The molecule has 0 radical (unpaired) electrons.